The fourth-order valence-corrected chi connectivity index (χ4v) is 5.49. The van der Waals surface area contributed by atoms with Gasteiger partial charge in [-0.2, -0.15) is 0 Å². The molecule has 4 heteroatoms. The van der Waals surface area contributed by atoms with Gasteiger partial charge in [-0.15, -0.1) is 0 Å². The van der Waals surface area contributed by atoms with E-state index >= 15 is 0 Å². The molecule has 0 aliphatic heterocycles. The van der Waals surface area contributed by atoms with Crippen LogP contribution in [-0.2, 0) is 20.4 Å². The first-order valence-electron chi connectivity index (χ1n) is 12.3. The largest absolute Gasteiger partial charge is 0.355 e. The highest BCUT2D eigenvalue weighted by molar-refractivity contribution is 5.82. The minimum atomic E-state index is -0.0462. The molecular formula is C28H34N2O2. The monoisotopic (exact) mass is 430 g/mol. The summed E-state index contributed by atoms with van der Waals surface area (Å²) in [6.07, 6.45) is 7.95. The van der Waals surface area contributed by atoms with Crippen LogP contribution >= 0.6 is 0 Å². The summed E-state index contributed by atoms with van der Waals surface area (Å²) in [5, 5.41) is 6.46. The van der Waals surface area contributed by atoms with Gasteiger partial charge in [0, 0.05) is 35.8 Å². The van der Waals surface area contributed by atoms with E-state index in [2.05, 4.69) is 59.2 Å². The van der Waals surface area contributed by atoms with E-state index in [0.717, 1.165) is 44.9 Å². The van der Waals surface area contributed by atoms with Gasteiger partial charge in [0.05, 0.1) is 0 Å². The lowest BCUT2D eigenvalue weighted by Gasteiger charge is -2.29. The van der Waals surface area contributed by atoms with Gasteiger partial charge in [0.15, 0.2) is 0 Å². The van der Waals surface area contributed by atoms with E-state index in [1.165, 1.54) is 11.1 Å². The van der Waals surface area contributed by atoms with Crippen molar-refractivity contribution in [1.29, 1.82) is 0 Å². The maximum Gasteiger partial charge on any atom is 0.223 e. The molecule has 2 unspecified atom stereocenters. The van der Waals surface area contributed by atoms with Crippen molar-refractivity contribution in [2.45, 2.75) is 62.2 Å². The zero-order valence-electron chi connectivity index (χ0n) is 18.8. The lowest BCUT2D eigenvalue weighted by molar-refractivity contribution is -0.130. The average molecular weight is 431 g/mol. The molecule has 168 valence electrons. The molecule has 2 aromatic carbocycles. The van der Waals surface area contributed by atoms with Crippen LogP contribution in [-0.4, -0.2) is 24.9 Å². The van der Waals surface area contributed by atoms with E-state index in [9.17, 15) is 9.59 Å². The zero-order valence-corrected chi connectivity index (χ0v) is 18.8. The predicted octanol–water partition coefficient (Wildman–Crippen LogP) is 4.49. The Kier molecular flexibility index (Phi) is 5.79. The van der Waals surface area contributed by atoms with Crippen molar-refractivity contribution in [3.8, 4) is 0 Å². The number of hydrogen-bond acceptors (Lipinski definition) is 2. The molecule has 3 fully saturated rings. The summed E-state index contributed by atoms with van der Waals surface area (Å²) in [4.78, 5) is 25.9. The van der Waals surface area contributed by atoms with E-state index < -0.39 is 0 Å². The van der Waals surface area contributed by atoms with Crippen molar-refractivity contribution in [1.82, 2.24) is 10.6 Å². The smallest absolute Gasteiger partial charge is 0.223 e. The van der Waals surface area contributed by atoms with Crippen molar-refractivity contribution in [2.24, 2.45) is 11.8 Å². The van der Waals surface area contributed by atoms with Crippen molar-refractivity contribution in [3.63, 3.8) is 0 Å². The fraction of sp³-hybridized carbons (Fsp3) is 0.500. The molecule has 0 radical (unpaired) electrons. The lowest BCUT2D eigenvalue weighted by Crippen LogP contribution is -2.42. The summed E-state index contributed by atoms with van der Waals surface area (Å²) in [6.45, 7) is 1.42. The second kappa shape index (κ2) is 8.73. The molecular weight excluding hydrogens is 396 g/mol. The number of rotatable bonds is 8. The molecule has 0 saturated heterocycles. The number of hydrogen-bond donors (Lipinski definition) is 2. The van der Waals surface area contributed by atoms with Gasteiger partial charge in [0.1, 0.15) is 0 Å². The van der Waals surface area contributed by atoms with Gasteiger partial charge in [-0.3, -0.25) is 9.59 Å². The Morgan fingerprint density at radius 2 is 1.09 bits per heavy atom. The van der Waals surface area contributed by atoms with Crippen LogP contribution in [0.4, 0.5) is 0 Å². The highest BCUT2D eigenvalue weighted by Crippen LogP contribution is 2.48. The second-order valence-corrected chi connectivity index (χ2v) is 10.3. The van der Waals surface area contributed by atoms with E-state index in [1.807, 2.05) is 12.1 Å². The fourth-order valence-electron chi connectivity index (χ4n) is 5.49. The maximum absolute atomic E-state index is 12.9. The highest BCUT2D eigenvalue weighted by Gasteiger charge is 2.46. The third-order valence-electron chi connectivity index (χ3n) is 8.10. The zero-order chi connectivity index (χ0) is 22.0. The first-order chi connectivity index (χ1) is 15.6. The Labute approximate surface area is 191 Å². The summed E-state index contributed by atoms with van der Waals surface area (Å²) < 4.78 is 0. The standard InChI is InChI=1S/C28H34N2O2/c31-25(29-19-27(14-15-27)23-10-3-1-4-11-23)21-8-7-9-22(18-21)26(32)30-20-28(16-17-28)24-12-5-2-6-13-24/h1-6,10-13,21-22H,7-9,14-20H2,(H,29,31)(H,30,32). The Morgan fingerprint density at radius 3 is 1.47 bits per heavy atom. The summed E-state index contributed by atoms with van der Waals surface area (Å²) in [7, 11) is 0. The summed E-state index contributed by atoms with van der Waals surface area (Å²) in [5.74, 6) is 0.172. The molecule has 0 heterocycles. The van der Waals surface area contributed by atoms with Gasteiger partial charge >= 0.3 is 0 Å². The van der Waals surface area contributed by atoms with Crippen molar-refractivity contribution in [3.05, 3.63) is 71.8 Å². The van der Waals surface area contributed by atoms with Crippen LogP contribution in [0.25, 0.3) is 0 Å². The Bertz CT molecular complexity index is 870. The molecule has 3 aliphatic rings. The minimum absolute atomic E-state index is 0.0462. The molecule has 3 saturated carbocycles. The molecule has 2 aromatic rings. The first kappa shape index (κ1) is 21.2. The SMILES string of the molecule is O=C(NCC1(c2ccccc2)CC1)C1CCCC(C(=O)NCC2(c3ccccc3)CC2)C1. The van der Waals surface area contributed by atoms with E-state index in [0.29, 0.717) is 19.5 Å². The van der Waals surface area contributed by atoms with Crippen LogP contribution < -0.4 is 10.6 Å². The topological polar surface area (TPSA) is 58.2 Å². The van der Waals surface area contributed by atoms with E-state index in [1.54, 1.807) is 0 Å². The molecule has 0 aromatic heterocycles. The van der Waals surface area contributed by atoms with Crippen LogP contribution in [0.5, 0.6) is 0 Å². The van der Waals surface area contributed by atoms with E-state index in [4.69, 9.17) is 0 Å². The normalized spacial score (nSPS) is 24.9. The second-order valence-electron chi connectivity index (χ2n) is 10.3. The third-order valence-corrected chi connectivity index (χ3v) is 8.10. The maximum atomic E-state index is 12.9. The van der Waals surface area contributed by atoms with Gasteiger partial charge in [-0.05, 0) is 56.1 Å². The minimum Gasteiger partial charge on any atom is -0.355 e. The predicted molar refractivity (Wildman–Crippen MR) is 126 cm³/mol. The van der Waals surface area contributed by atoms with Gasteiger partial charge in [-0.1, -0.05) is 67.1 Å². The molecule has 3 aliphatic carbocycles. The summed E-state index contributed by atoms with van der Waals surface area (Å²) in [5.41, 5.74) is 2.90. The highest BCUT2D eigenvalue weighted by atomic mass is 16.2. The Hall–Kier alpha value is -2.62. The van der Waals surface area contributed by atoms with Crippen LogP contribution in [0, 0.1) is 11.8 Å². The number of amides is 2. The number of nitrogens with one attached hydrogen (secondary N) is 2. The van der Waals surface area contributed by atoms with Crippen molar-refractivity contribution < 1.29 is 9.59 Å². The molecule has 5 rings (SSSR count). The van der Waals surface area contributed by atoms with Gasteiger partial charge in [0.25, 0.3) is 0 Å². The molecule has 2 atom stereocenters. The first-order valence-corrected chi connectivity index (χ1v) is 12.3. The molecule has 32 heavy (non-hydrogen) atoms. The number of carbonyl (C=O) groups excluding carboxylic acids is 2. The van der Waals surface area contributed by atoms with Gasteiger partial charge in [-0.25, -0.2) is 0 Å². The summed E-state index contributed by atoms with van der Waals surface area (Å²) in [6, 6.07) is 21.0. The quantitative estimate of drug-likeness (QED) is 0.648. The van der Waals surface area contributed by atoms with Crippen LogP contribution in [0.1, 0.15) is 62.5 Å². The number of benzene rings is 2. The summed E-state index contributed by atoms with van der Waals surface area (Å²) >= 11 is 0. The van der Waals surface area contributed by atoms with Gasteiger partial charge in [0.2, 0.25) is 11.8 Å². The molecule has 4 nitrogen and oxygen atoms in total. The molecule has 0 spiro atoms. The Morgan fingerprint density at radius 1 is 0.688 bits per heavy atom. The molecule has 2 amide bonds. The Balaban J connectivity index is 1.12. The van der Waals surface area contributed by atoms with Crippen LogP contribution in [0.2, 0.25) is 0 Å². The molecule has 2 N–H and O–H groups in total. The van der Waals surface area contributed by atoms with Crippen LogP contribution in [0.15, 0.2) is 60.7 Å². The average Bonchev–Trinajstić information content (AvgIpc) is 3.78. The van der Waals surface area contributed by atoms with Crippen molar-refractivity contribution >= 4 is 11.8 Å². The lowest BCUT2D eigenvalue weighted by atomic mass is 9.80. The number of carbonyl (C=O) groups is 2. The third kappa shape index (κ3) is 4.46. The van der Waals surface area contributed by atoms with E-state index in [-0.39, 0.29) is 34.5 Å². The molecule has 0 bridgehead atoms. The van der Waals surface area contributed by atoms with Crippen molar-refractivity contribution in [2.75, 3.05) is 13.1 Å². The van der Waals surface area contributed by atoms with Gasteiger partial charge < -0.3 is 10.6 Å². The van der Waals surface area contributed by atoms with Crippen LogP contribution in [0.3, 0.4) is 0 Å².